The number of hydrogen-bond donors (Lipinski definition) is 3. The van der Waals surface area contributed by atoms with Crippen molar-refractivity contribution >= 4 is 12.2 Å². The Morgan fingerprint density at radius 1 is 1.44 bits per heavy atom. The summed E-state index contributed by atoms with van der Waals surface area (Å²) in [5.41, 5.74) is 2.56. The van der Waals surface area contributed by atoms with Crippen LogP contribution in [0.4, 0.5) is 0 Å². The minimum atomic E-state index is -0.129. The molecule has 0 saturated carbocycles. The summed E-state index contributed by atoms with van der Waals surface area (Å²) in [6.07, 6.45) is 0.873. The molecule has 0 aromatic carbocycles. The van der Waals surface area contributed by atoms with Gasteiger partial charge in [-0.3, -0.25) is 15.0 Å². The maximum Gasteiger partial charge on any atom is 0.259 e. The lowest BCUT2D eigenvalue weighted by Gasteiger charge is -2.24. The second kappa shape index (κ2) is 4.18. The van der Waals surface area contributed by atoms with Crippen LogP contribution in [0.5, 0.6) is 0 Å². The van der Waals surface area contributed by atoms with E-state index in [1.54, 1.807) is 0 Å². The zero-order chi connectivity index (χ0) is 12.7. The molecule has 2 aromatic rings. The van der Waals surface area contributed by atoms with Crippen LogP contribution in [0.1, 0.15) is 11.3 Å². The van der Waals surface area contributed by atoms with E-state index in [-0.39, 0.29) is 5.56 Å². The normalized spacial score (nSPS) is 15.6. The molecule has 2 aromatic heterocycles. The number of nitrogens with zero attached hydrogens (tertiary/aromatic N) is 2. The average molecular weight is 263 g/mol. The van der Waals surface area contributed by atoms with Crippen LogP contribution in [-0.2, 0) is 13.0 Å². The molecular formula is C11H13N5OS. The van der Waals surface area contributed by atoms with Gasteiger partial charge in [0.2, 0.25) is 4.77 Å². The molecular weight excluding hydrogens is 250 g/mol. The van der Waals surface area contributed by atoms with E-state index in [4.69, 9.17) is 12.2 Å². The highest BCUT2D eigenvalue weighted by Gasteiger charge is 2.17. The van der Waals surface area contributed by atoms with Crippen molar-refractivity contribution < 1.29 is 0 Å². The molecule has 6 nitrogen and oxygen atoms in total. The molecule has 3 N–H and O–H groups in total. The molecule has 0 bridgehead atoms. The van der Waals surface area contributed by atoms with Gasteiger partial charge in [0.25, 0.3) is 5.56 Å². The van der Waals surface area contributed by atoms with E-state index < -0.39 is 0 Å². The fourth-order valence-electron chi connectivity index (χ4n) is 2.22. The third-order valence-corrected chi connectivity index (χ3v) is 3.35. The number of aromatic nitrogens is 4. The van der Waals surface area contributed by atoms with E-state index >= 15 is 0 Å². The molecule has 7 heteroatoms. The number of nitrogens with one attached hydrogen (secondary N) is 3. The van der Waals surface area contributed by atoms with Gasteiger partial charge in [-0.15, -0.1) is 0 Å². The molecule has 0 saturated heterocycles. The molecule has 0 atom stereocenters. The Hall–Kier alpha value is -1.73. The second-order valence-electron chi connectivity index (χ2n) is 4.52. The topological polar surface area (TPSA) is 80.6 Å². The lowest BCUT2D eigenvalue weighted by molar-refractivity contribution is 0.309. The summed E-state index contributed by atoms with van der Waals surface area (Å²) in [4.78, 5) is 21.2. The van der Waals surface area contributed by atoms with Gasteiger partial charge in [0, 0.05) is 25.2 Å². The Balaban J connectivity index is 2.14. The van der Waals surface area contributed by atoms with E-state index in [1.807, 2.05) is 6.07 Å². The van der Waals surface area contributed by atoms with Crippen LogP contribution in [0.2, 0.25) is 0 Å². The molecule has 0 radical (unpaired) electrons. The average Bonchev–Trinajstić information content (AvgIpc) is 2.75. The van der Waals surface area contributed by atoms with Crippen LogP contribution in [0, 0.1) is 4.77 Å². The van der Waals surface area contributed by atoms with Gasteiger partial charge in [-0.25, -0.2) is 0 Å². The van der Waals surface area contributed by atoms with Crippen molar-refractivity contribution in [3.05, 3.63) is 32.4 Å². The van der Waals surface area contributed by atoms with Gasteiger partial charge in [-0.2, -0.15) is 4.98 Å². The first kappa shape index (κ1) is 11.4. The van der Waals surface area contributed by atoms with Crippen LogP contribution < -0.4 is 5.56 Å². The first-order chi connectivity index (χ1) is 8.63. The molecule has 0 unspecified atom stereocenters. The molecule has 0 aliphatic carbocycles. The predicted molar refractivity (Wildman–Crippen MR) is 69.9 cm³/mol. The lowest BCUT2D eigenvalue weighted by atomic mass is 10.0. The molecule has 0 spiro atoms. The van der Waals surface area contributed by atoms with E-state index in [9.17, 15) is 4.79 Å². The van der Waals surface area contributed by atoms with Crippen LogP contribution >= 0.6 is 12.2 Å². The monoisotopic (exact) mass is 263 g/mol. The molecule has 1 aliphatic rings. The molecule has 0 amide bonds. The molecule has 1 aliphatic heterocycles. The molecule has 0 fully saturated rings. The summed E-state index contributed by atoms with van der Waals surface area (Å²) in [6, 6.07) is 1.89. The Morgan fingerprint density at radius 3 is 3.00 bits per heavy atom. The number of hydrogen-bond acceptors (Lipinski definition) is 4. The number of H-pyrrole nitrogens is 3. The number of likely N-dealkylation sites (N-methyl/N-ethyl adjacent to an activating group) is 1. The molecule has 94 valence electrons. The van der Waals surface area contributed by atoms with Gasteiger partial charge in [0.15, 0.2) is 5.82 Å². The van der Waals surface area contributed by atoms with Crippen molar-refractivity contribution in [1.82, 2.24) is 25.1 Å². The SMILES string of the molecule is CN1CCc2[nH]c(=O)c(-c3nc(=S)[nH][nH]3)cc2C1. The second-order valence-corrected chi connectivity index (χ2v) is 4.91. The van der Waals surface area contributed by atoms with Gasteiger partial charge in [-0.05, 0) is 30.9 Å². The van der Waals surface area contributed by atoms with Crippen LogP contribution in [0.25, 0.3) is 11.4 Å². The van der Waals surface area contributed by atoms with Crippen molar-refractivity contribution in [3.63, 3.8) is 0 Å². The number of aromatic amines is 3. The fourth-order valence-corrected chi connectivity index (χ4v) is 2.36. The summed E-state index contributed by atoms with van der Waals surface area (Å²) >= 11 is 4.90. The van der Waals surface area contributed by atoms with E-state index in [1.165, 1.54) is 0 Å². The van der Waals surface area contributed by atoms with Gasteiger partial charge in [0.1, 0.15) is 0 Å². The molecule has 3 heterocycles. The van der Waals surface area contributed by atoms with Crippen molar-refractivity contribution in [2.45, 2.75) is 13.0 Å². The zero-order valence-electron chi connectivity index (χ0n) is 9.91. The Labute approximate surface area is 108 Å². The third-order valence-electron chi connectivity index (χ3n) is 3.16. The summed E-state index contributed by atoms with van der Waals surface area (Å²) in [6.45, 7) is 1.80. The van der Waals surface area contributed by atoms with Crippen LogP contribution in [0.15, 0.2) is 10.9 Å². The highest BCUT2D eigenvalue weighted by atomic mass is 32.1. The molecule has 3 rings (SSSR count). The third kappa shape index (κ3) is 1.91. The Morgan fingerprint density at radius 2 is 2.28 bits per heavy atom. The molecule has 18 heavy (non-hydrogen) atoms. The fraction of sp³-hybridized carbons (Fsp3) is 0.364. The minimum absolute atomic E-state index is 0.129. The van der Waals surface area contributed by atoms with Crippen molar-refractivity contribution in [3.8, 4) is 11.4 Å². The predicted octanol–water partition coefficient (Wildman–Crippen LogP) is 0.810. The van der Waals surface area contributed by atoms with E-state index in [2.05, 4.69) is 32.1 Å². The maximum absolute atomic E-state index is 12.0. The maximum atomic E-state index is 12.0. The smallest absolute Gasteiger partial charge is 0.259 e. The summed E-state index contributed by atoms with van der Waals surface area (Å²) in [5.74, 6) is 0.484. The van der Waals surface area contributed by atoms with Crippen LogP contribution in [0.3, 0.4) is 0 Å². The summed E-state index contributed by atoms with van der Waals surface area (Å²) in [5, 5.41) is 5.51. The zero-order valence-corrected chi connectivity index (χ0v) is 10.7. The van der Waals surface area contributed by atoms with Crippen molar-refractivity contribution in [1.29, 1.82) is 0 Å². The van der Waals surface area contributed by atoms with Gasteiger partial charge >= 0.3 is 0 Å². The number of rotatable bonds is 1. The Kier molecular flexibility index (Phi) is 2.64. The lowest BCUT2D eigenvalue weighted by Crippen LogP contribution is -2.29. The van der Waals surface area contributed by atoms with Gasteiger partial charge in [0.05, 0.1) is 5.56 Å². The van der Waals surface area contributed by atoms with Crippen LogP contribution in [-0.4, -0.2) is 38.7 Å². The number of fused-ring (bicyclic) bond motifs is 1. The van der Waals surface area contributed by atoms with E-state index in [0.717, 1.165) is 30.8 Å². The first-order valence-electron chi connectivity index (χ1n) is 5.72. The minimum Gasteiger partial charge on any atom is -0.325 e. The standard InChI is InChI=1S/C11H13N5OS/c1-16-3-2-8-6(5-16)4-7(10(17)12-8)9-13-11(18)15-14-9/h4H,2-3,5H2,1H3,(H,12,17)(H2,13,14,15,18). The quantitative estimate of drug-likeness (QED) is 0.665. The Bertz CT molecular complexity index is 698. The highest BCUT2D eigenvalue weighted by molar-refractivity contribution is 7.71. The van der Waals surface area contributed by atoms with Gasteiger partial charge in [-0.1, -0.05) is 0 Å². The number of pyridine rings is 1. The van der Waals surface area contributed by atoms with Crippen molar-refractivity contribution in [2.75, 3.05) is 13.6 Å². The van der Waals surface area contributed by atoms with E-state index in [0.29, 0.717) is 16.2 Å². The largest absolute Gasteiger partial charge is 0.325 e. The van der Waals surface area contributed by atoms with Gasteiger partial charge < -0.3 is 9.88 Å². The highest BCUT2D eigenvalue weighted by Crippen LogP contribution is 2.18. The van der Waals surface area contributed by atoms with Crippen molar-refractivity contribution in [2.24, 2.45) is 0 Å². The summed E-state index contributed by atoms with van der Waals surface area (Å²) < 4.78 is 0.347. The first-order valence-corrected chi connectivity index (χ1v) is 6.13. The summed E-state index contributed by atoms with van der Waals surface area (Å²) in [7, 11) is 2.07.